The van der Waals surface area contributed by atoms with Gasteiger partial charge in [-0.3, -0.25) is 14.2 Å². The van der Waals surface area contributed by atoms with Gasteiger partial charge in [0.1, 0.15) is 5.41 Å². The van der Waals surface area contributed by atoms with Crippen molar-refractivity contribution < 1.29 is 14.2 Å². The van der Waals surface area contributed by atoms with Crippen LogP contribution in [0.3, 0.4) is 0 Å². The van der Waals surface area contributed by atoms with Gasteiger partial charge in [-0.2, -0.15) is 0 Å². The summed E-state index contributed by atoms with van der Waals surface area (Å²) >= 11 is 0. The molecule has 1 aromatic rings. The zero-order valence-electron chi connectivity index (χ0n) is 11.4. The van der Waals surface area contributed by atoms with Crippen molar-refractivity contribution in [2.75, 3.05) is 13.2 Å². The quantitative estimate of drug-likeness (QED) is 0.483. The first kappa shape index (κ1) is 14.2. The van der Waals surface area contributed by atoms with Crippen LogP contribution in [-0.4, -0.2) is 30.0 Å². The van der Waals surface area contributed by atoms with Crippen LogP contribution in [0.5, 0.6) is 0 Å². The molecule has 0 spiro atoms. The van der Waals surface area contributed by atoms with Crippen molar-refractivity contribution >= 4 is 20.5 Å². The monoisotopic (exact) mass is 279 g/mol. The van der Waals surface area contributed by atoms with Crippen molar-refractivity contribution in [2.24, 2.45) is 5.41 Å². The highest BCUT2D eigenvalue weighted by molar-refractivity contribution is 7.31. The maximum absolute atomic E-state index is 12.6. The molecule has 1 saturated heterocycles. The average molecular weight is 279 g/mol. The minimum absolute atomic E-state index is 0.110. The van der Waals surface area contributed by atoms with E-state index in [0.717, 1.165) is 5.56 Å². The molecule has 0 saturated carbocycles. The van der Waals surface area contributed by atoms with E-state index >= 15 is 0 Å². The summed E-state index contributed by atoms with van der Waals surface area (Å²) in [5.41, 5.74) is 0.531. The molecule has 1 fully saturated rings. The molecule has 2 atom stereocenters. The first-order chi connectivity index (χ1) is 9.00. The number of Topliss-reactive ketones (excluding diaryl/α,β-unsaturated/α-hetero) is 1. The van der Waals surface area contributed by atoms with Crippen LogP contribution in [0.4, 0.5) is 0 Å². The molecule has 4 nitrogen and oxygen atoms in total. The molecule has 1 aromatic carbocycles. The first-order valence-corrected chi connectivity index (χ1v) is 7.67. The summed E-state index contributed by atoms with van der Waals surface area (Å²) in [7, 11) is 0.205. The Hall–Kier alpha value is -1.25. The molecular weight excluding hydrogens is 261 g/mol. The summed E-state index contributed by atoms with van der Waals surface area (Å²) in [5.74, 6) is -0.337. The number of hydroxylamine groups is 2. The summed E-state index contributed by atoms with van der Waals surface area (Å²) in [6.07, 6.45) is 0.503. The number of carbonyl (C=O) groups is 2. The number of rotatable bonds is 4. The predicted octanol–water partition coefficient (Wildman–Crippen LogP) is 2.57. The Bertz CT molecular complexity index is 517. The molecule has 0 aliphatic carbocycles. The normalized spacial score (nSPS) is 23.5. The smallest absolute Gasteiger partial charge is 0.260 e. The highest BCUT2D eigenvalue weighted by Crippen LogP contribution is 2.37. The van der Waals surface area contributed by atoms with E-state index < -0.39 is 5.41 Å². The summed E-state index contributed by atoms with van der Waals surface area (Å²) in [4.78, 5) is 25.0. The fraction of sp³-hybridized carbons (Fsp3) is 0.429. The fourth-order valence-electron chi connectivity index (χ4n) is 2.34. The summed E-state index contributed by atoms with van der Waals surface area (Å²) in [6, 6.07) is 7.38. The van der Waals surface area contributed by atoms with Gasteiger partial charge in [0.15, 0.2) is 5.78 Å². The largest absolute Gasteiger partial charge is 0.293 e. The molecule has 1 aliphatic rings. The van der Waals surface area contributed by atoms with Gasteiger partial charge in [0.2, 0.25) is 0 Å². The number of aryl methyl sites for hydroxylation is 1. The Labute approximate surface area is 114 Å². The van der Waals surface area contributed by atoms with E-state index in [1.807, 2.05) is 31.8 Å². The van der Waals surface area contributed by atoms with E-state index in [-0.39, 0.29) is 20.5 Å². The minimum atomic E-state index is -0.994. The van der Waals surface area contributed by atoms with Gasteiger partial charge in [-0.1, -0.05) is 24.3 Å². The van der Waals surface area contributed by atoms with Crippen molar-refractivity contribution in [1.82, 2.24) is 5.06 Å². The predicted molar refractivity (Wildman–Crippen MR) is 75.3 cm³/mol. The lowest BCUT2D eigenvalue weighted by Gasteiger charge is -2.22. The maximum Gasteiger partial charge on any atom is 0.260 e. The van der Waals surface area contributed by atoms with Crippen LogP contribution in [0, 0.1) is 12.3 Å². The van der Waals surface area contributed by atoms with Gasteiger partial charge in [-0.15, -0.1) is 0 Å². The van der Waals surface area contributed by atoms with E-state index in [2.05, 4.69) is 0 Å². The molecular formula is C14H18NO3P. The van der Waals surface area contributed by atoms with Crippen LogP contribution in [0.15, 0.2) is 24.3 Å². The van der Waals surface area contributed by atoms with Gasteiger partial charge < -0.3 is 0 Å². The Morgan fingerprint density at radius 2 is 2.11 bits per heavy atom. The zero-order valence-corrected chi connectivity index (χ0v) is 12.4. The Balaban J connectivity index is 2.29. The average Bonchev–Trinajstić information content (AvgIpc) is 2.69. The molecule has 2 rings (SSSR count). The lowest BCUT2D eigenvalue weighted by Crippen LogP contribution is -2.37. The fourth-order valence-corrected chi connectivity index (χ4v) is 2.74. The van der Waals surface area contributed by atoms with Crippen molar-refractivity contribution in [3.63, 3.8) is 0 Å². The molecule has 1 aliphatic heterocycles. The molecule has 1 heterocycles. The SMILES string of the molecule is CPON1CC[C@@](C)(C(=O)c2ccccc2C)C1=O. The van der Waals surface area contributed by atoms with E-state index in [9.17, 15) is 9.59 Å². The topological polar surface area (TPSA) is 46.6 Å². The standard InChI is InChI=1S/C14H18NO3P/c1-10-6-4-5-7-11(10)12(16)14(2)8-9-15(13(14)17)18-19-3/h4-7,19H,8-9H2,1-3H3/t14-/m0/s1. The van der Waals surface area contributed by atoms with E-state index in [1.165, 1.54) is 5.06 Å². The molecule has 1 unspecified atom stereocenters. The Kier molecular flexibility index (Phi) is 4.02. The third kappa shape index (κ3) is 2.43. The number of carbonyl (C=O) groups excluding carboxylic acids is 2. The number of ketones is 1. The maximum atomic E-state index is 12.6. The number of nitrogens with zero attached hydrogens (tertiary/aromatic N) is 1. The van der Waals surface area contributed by atoms with Crippen LogP contribution >= 0.6 is 8.81 Å². The second-order valence-electron chi connectivity index (χ2n) is 4.93. The number of hydrogen-bond donors (Lipinski definition) is 0. The minimum Gasteiger partial charge on any atom is -0.293 e. The van der Waals surface area contributed by atoms with Crippen LogP contribution in [0.2, 0.25) is 0 Å². The van der Waals surface area contributed by atoms with E-state index in [0.29, 0.717) is 18.5 Å². The molecule has 5 heteroatoms. The van der Waals surface area contributed by atoms with E-state index in [4.69, 9.17) is 4.62 Å². The third-order valence-corrected chi connectivity index (χ3v) is 4.01. The second-order valence-corrected chi connectivity index (χ2v) is 5.52. The number of hydrogen-bond acceptors (Lipinski definition) is 3. The molecule has 0 aromatic heterocycles. The molecule has 0 N–H and O–H groups in total. The molecule has 0 radical (unpaired) electrons. The molecule has 19 heavy (non-hydrogen) atoms. The molecule has 0 bridgehead atoms. The lowest BCUT2D eigenvalue weighted by atomic mass is 9.80. The summed E-state index contributed by atoms with van der Waals surface area (Å²) < 4.78 is 5.29. The van der Waals surface area contributed by atoms with Crippen LogP contribution in [0.1, 0.15) is 29.3 Å². The van der Waals surface area contributed by atoms with Gasteiger partial charge in [0.05, 0.1) is 6.54 Å². The zero-order chi connectivity index (χ0) is 14.0. The van der Waals surface area contributed by atoms with Crippen molar-refractivity contribution in [3.05, 3.63) is 35.4 Å². The second kappa shape index (κ2) is 5.40. The summed E-state index contributed by atoms with van der Waals surface area (Å²) in [5, 5.41) is 1.33. The van der Waals surface area contributed by atoms with Crippen molar-refractivity contribution in [2.45, 2.75) is 20.3 Å². The number of amides is 1. The van der Waals surface area contributed by atoms with Gasteiger partial charge in [-0.05, 0) is 32.5 Å². The third-order valence-electron chi connectivity index (χ3n) is 3.61. The van der Waals surface area contributed by atoms with Gasteiger partial charge in [-0.25, -0.2) is 5.06 Å². The van der Waals surface area contributed by atoms with Crippen LogP contribution < -0.4 is 0 Å². The summed E-state index contributed by atoms with van der Waals surface area (Å²) in [6.45, 7) is 5.93. The Morgan fingerprint density at radius 1 is 1.42 bits per heavy atom. The molecule has 102 valence electrons. The first-order valence-electron chi connectivity index (χ1n) is 6.27. The van der Waals surface area contributed by atoms with Crippen LogP contribution in [-0.2, 0) is 9.42 Å². The highest BCUT2D eigenvalue weighted by Gasteiger charge is 2.49. The van der Waals surface area contributed by atoms with Crippen LogP contribution in [0.25, 0.3) is 0 Å². The van der Waals surface area contributed by atoms with Gasteiger partial charge in [0.25, 0.3) is 5.91 Å². The van der Waals surface area contributed by atoms with Gasteiger partial charge >= 0.3 is 0 Å². The van der Waals surface area contributed by atoms with Crippen molar-refractivity contribution in [1.29, 1.82) is 0 Å². The Morgan fingerprint density at radius 3 is 2.74 bits per heavy atom. The van der Waals surface area contributed by atoms with Gasteiger partial charge in [0, 0.05) is 14.4 Å². The molecule has 1 amide bonds. The number of benzene rings is 1. The van der Waals surface area contributed by atoms with Crippen molar-refractivity contribution in [3.8, 4) is 0 Å². The lowest BCUT2D eigenvalue weighted by molar-refractivity contribution is -0.153. The highest BCUT2D eigenvalue weighted by atomic mass is 31.1. The van der Waals surface area contributed by atoms with E-state index in [1.54, 1.807) is 13.0 Å².